The van der Waals surface area contributed by atoms with Gasteiger partial charge in [-0.15, -0.1) is 45.3 Å². The van der Waals surface area contributed by atoms with Gasteiger partial charge in [0.15, 0.2) is 0 Å². The van der Waals surface area contributed by atoms with Gasteiger partial charge < -0.3 is 0 Å². The van der Waals surface area contributed by atoms with Crippen LogP contribution >= 0.6 is 45.3 Å². The van der Waals surface area contributed by atoms with Crippen LogP contribution in [-0.4, -0.2) is 0 Å². The van der Waals surface area contributed by atoms with Gasteiger partial charge >= 0.3 is 0 Å². The maximum Gasteiger partial charge on any atom is 0.133 e. The molecule has 0 amide bonds. The molecule has 0 aliphatic rings. The second-order valence-corrected chi connectivity index (χ2v) is 8.53. The number of benzene rings is 1. The van der Waals surface area contributed by atoms with Crippen LogP contribution in [0.3, 0.4) is 0 Å². The Morgan fingerprint density at radius 1 is 0.500 bits per heavy atom. The summed E-state index contributed by atoms with van der Waals surface area (Å²) in [6.45, 7) is 8.20. The quantitative estimate of drug-likeness (QED) is 0.556. The molecule has 2 heterocycles. The molecule has 2 aromatic heterocycles. The summed E-state index contributed by atoms with van der Waals surface area (Å²) in [5.41, 5.74) is 0. The number of nitriles is 4. The topological polar surface area (TPSA) is 95.2 Å². The van der Waals surface area contributed by atoms with E-state index in [2.05, 4.69) is 13.2 Å². The summed E-state index contributed by atoms with van der Waals surface area (Å²) in [4.78, 5) is 1.34. The third-order valence-electron chi connectivity index (χ3n) is 3.14. The van der Waals surface area contributed by atoms with Crippen LogP contribution in [0.15, 0.2) is 0 Å². The fourth-order valence-corrected chi connectivity index (χ4v) is 6.52. The predicted molar refractivity (Wildman–Crippen MR) is 99.7 cm³/mol. The minimum absolute atomic E-state index is 0.335. The van der Waals surface area contributed by atoms with Crippen LogP contribution in [-0.2, 0) is 0 Å². The number of nitrogens with zero attached hydrogens (tertiary/aromatic N) is 4. The van der Waals surface area contributed by atoms with E-state index in [4.69, 9.17) is 0 Å². The average molecular weight is 381 g/mol. The Balaban J connectivity index is 2.66. The molecule has 0 saturated heterocycles. The summed E-state index contributed by atoms with van der Waals surface area (Å²) >= 11 is 4.82. The predicted octanol–water partition coefficient (Wildman–Crippen LogP) is 3.67. The molecule has 0 spiro atoms. The monoisotopic (exact) mass is 380 g/mol. The highest BCUT2D eigenvalue weighted by atomic mass is 32.1. The van der Waals surface area contributed by atoms with Crippen LogP contribution in [0.4, 0.5) is 0 Å². The summed E-state index contributed by atoms with van der Waals surface area (Å²) in [5.74, 6) is 0. The Morgan fingerprint density at radius 2 is 0.708 bits per heavy atom. The summed E-state index contributed by atoms with van der Waals surface area (Å²) in [6.07, 6.45) is 0. The molecule has 3 aromatic rings. The molecule has 1 aromatic carbocycles. The molecule has 0 N–H and O–H groups in total. The van der Waals surface area contributed by atoms with Gasteiger partial charge in [-0.1, -0.05) is 13.2 Å². The van der Waals surface area contributed by atoms with Crippen molar-refractivity contribution < 1.29 is 0 Å². The molecule has 8 heteroatoms. The molecule has 0 atom stereocenters. The van der Waals surface area contributed by atoms with Crippen molar-refractivity contribution in [3.63, 3.8) is 0 Å². The summed E-state index contributed by atoms with van der Waals surface area (Å²) in [6, 6.07) is 8.17. The number of fused-ring (bicyclic) bond motifs is 2. The van der Waals surface area contributed by atoms with Crippen molar-refractivity contribution in [3.05, 3.63) is 29.9 Å². The fourth-order valence-electron chi connectivity index (χ4n) is 2.07. The maximum absolute atomic E-state index is 9.24. The van der Waals surface area contributed by atoms with Crippen molar-refractivity contribution in [2.75, 3.05) is 0 Å². The molecular formula is C16H4N4S4. The highest BCUT2D eigenvalue weighted by Crippen LogP contribution is 2.31. The van der Waals surface area contributed by atoms with Crippen LogP contribution in [0.5, 0.6) is 0 Å². The van der Waals surface area contributed by atoms with Crippen LogP contribution in [0, 0.1) is 45.3 Å². The van der Waals surface area contributed by atoms with E-state index in [1.165, 1.54) is 45.3 Å². The van der Waals surface area contributed by atoms with Gasteiger partial charge in [-0.2, -0.15) is 21.0 Å². The van der Waals surface area contributed by atoms with E-state index < -0.39 is 0 Å². The van der Waals surface area contributed by atoms with Crippen LogP contribution < -0.4 is 10.4 Å². The number of rotatable bonds is 0. The Hall–Kier alpha value is -2.72. The molecule has 112 valence electrons. The van der Waals surface area contributed by atoms with Crippen molar-refractivity contribution in [2.45, 2.75) is 0 Å². The molecule has 4 nitrogen and oxygen atoms in total. The lowest BCUT2D eigenvalue weighted by atomic mass is 10.3. The summed E-state index contributed by atoms with van der Waals surface area (Å²) in [5, 5.41) is 38.3. The van der Waals surface area contributed by atoms with Gasteiger partial charge in [0.05, 0.1) is 18.8 Å². The zero-order valence-corrected chi connectivity index (χ0v) is 15.1. The molecule has 0 unspecified atom stereocenters. The molecule has 0 saturated carbocycles. The Bertz CT molecular complexity index is 1130. The molecule has 3 rings (SSSR count). The molecular weight excluding hydrogens is 376 g/mol. The number of hydrogen-bond acceptors (Lipinski definition) is 8. The van der Waals surface area contributed by atoms with Crippen molar-refractivity contribution in [2.24, 2.45) is 0 Å². The standard InChI is InChI=1S/C16H4N4S4/c1-7-13-15(23-11(5-19)9(3-17)21-13)8(2)16-14(7)22-10(4-18)12(6-20)24-16/h1-2H2. The Kier molecular flexibility index (Phi) is 4.08. The van der Waals surface area contributed by atoms with Gasteiger partial charge in [0.25, 0.3) is 0 Å². The minimum Gasteiger partial charge on any atom is -0.191 e. The van der Waals surface area contributed by atoms with Gasteiger partial charge in [0.1, 0.15) is 43.8 Å². The van der Waals surface area contributed by atoms with Crippen molar-refractivity contribution in [1.82, 2.24) is 0 Å². The van der Waals surface area contributed by atoms with Crippen molar-refractivity contribution in [3.8, 4) is 24.3 Å². The molecule has 24 heavy (non-hydrogen) atoms. The highest BCUT2D eigenvalue weighted by molar-refractivity contribution is 7.32. The lowest BCUT2D eigenvalue weighted by Crippen LogP contribution is -2.10. The third-order valence-corrected chi connectivity index (χ3v) is 8.28. The molecule has 0 bridgehead atoms. The first-order valence-electron chi connectivity index (χ1n) is 6.23. The summed E-state index contributed by atoms with van der Waals surface area (Å²) < 4.78 is 3.13. The average Bonchev–Trinajstić information content (AvgIpc) is 2.63. The summed E-state index contributed by atoms with van der Waals surface area (Å²) in [7, 11) is 0. The van der Waals surface area contributed by atoms with E-state index in [1.807, 2.05) is 24.3 Å². The van der Waals surface area contributed by atoms with Crippen LogP contribution in [0.2, 0.25) is 0 Å². The van der Waals surface area contributed by atoms with Gasteiger partial charge in [0, 0.05) is 10.4 Å². The molecule has 0 aliphatic carbocycles. The van der Waals surface area contributed by atoms with Gasteiger partial charge in [-0.05, 0) is 0 Å². The first-order valence-corrected chi connectivity index (χ1v) is 9.50. The van der Waals surface area contributed by atoms with E-state index >= 15 is 0 Å². The zero-order valence-electron chi connectivity index (χ0n) is 11.8. The largest absolute Gasteiger partial charge is 0.191 e. The molecule has 0 aliphatic heterocycles. The first kappa shape index (κ1) is 16.1. The smallest absolute Gasteiger partial charge is 0.133 e. The minimum atomic E-state index is 0.335. The van der Waals surface area contributed by atoms with E-state index in [0.29, 0.717) is 29.9 Å². The van der Waals surface area contributed by atoms with Crippen molar-refractivity contribution >= 4 is 77.3 Å². The van der Waals surface area contributed by atoms with Crippen molar-refractivity contribution in [1.29, 1.82) is 21.0 Å². The van der Waals surface area contributed by atoms with Gasteiger partial charge in [-0.25, -0.2) is 0 Å². The first-order chi connectivity index (χ1) is 11.5. The van der Waals surface area contributed by atoms with E-state index in [1.54, 1.807) is 0 Å². The second-order valence-electron chi connectivity index (χ2n) is 4.45. The second kappa shape index (κ2) is 6.06. The maximum atomic E-state index is 9.24. The normalized spacial score (nSPS) is 9.83. The number of hydrogen-bond donors (Lipinski definition) is 0. The third kappa shape index (κ3) is 2.27. The highest BCUT2D eigenvalue weighted by Gasteiger charge is 2.14. The SMILES string of the molecule is C=c1c2sc(C#N)c(C#N)sc2c(=C)c2sc(C#N)c(C#N)sc12. The van der Waals surface area contributed by atoms with E-state index in [-0.39, 0.29) is 0 Å². The Morgan fingerprint density at radius 3 is 0.875 bits per heavy atom. The van der Waals surface area contributed by atoms with Gasteiger partial charge in [0.2, 0.25) is 0 Å². The molecule has 0 radical (unpaired) electrons. The Labute approximate surface area is 152 Å². The van der Waals surface area contributed by atoms with E-state index in [9.17, 15) is 21.0 Å². The fraction of sp³-hybridized carbons (Fsp3) is 0. The lowest BCUT2D eigenvalue weighted by Gasteiger charge is -2.06. The molecule has 0 fully saturated rings. The van der Waals surface area contributed by atoms with Gasteiger partial charge in [-0.3, -0.25) is 0 Å². The lowest BCUT2D eigenvalue weighted by molar-refractivity contribution is 1.49. The van der Waals surface area contributed by atoms with E-state index in [0.717, 1.165) is 18.8 Å². The zero-order chi connectivity index (χ0) is 17.4. The van der Waals surface area contributed by atoms with Crippen LogP contribution in [0.1, 0.15) is 19.5 Å². The van der Waals surface area contributed by atoms with Crippen LogP contribution in [0.25, 0.3) is 32.0 Å².